The summed E-state index contributed by atoms with van der Waals surface area (Å²) in [6.45, 7) is 5.09. The molecule has 0 saturated heterocycles. The number of aromatic nitrogens is 6. The average Bonchev–Trinajstić information content (AvgIpc) is 3.41. The lowest BCUT2D eigenvalue weighted by molar-refractivity contribution is -0.143. The molecule has 3 heterocycles. The van der Waals surface area contributed by atoms with E-state index in [4.69, 9.17) is 4.74 Å². The van der Waals surface area contributed by atoms with Gasteiger partial charge in [0.2, 0.25) is 11.5 Å². The van der Waals surface area contributed by atoms with E-state index < -0.39 is 31.3 Å². The number of rotatable bonds is 6. The van der Waals surface area contributed by atoms with Crippen LogP contribution in [-0.2, 0) is 21.0 Å². The van der Waals surface area contributed by atoms with E-state index in [1.807, 2.05) is 0 Å². The molecule has 0 fully saturated rings. The highest BCUT2D eigenvalue weighted by Gasteiger charge is 2.38. The van der Waals surface area contributed by atoms with Crippen LogP contribution in [0, 0.1) is 0 Å². The van der Waals surface area contributed by atoms with Gasteiger partial charge in [-0.15, -0.1) is 10.2 Å². The quantitative estimate of drug-likeness (QED) is 0.318. The molecule has 2 N–H and O–H groups in total. The predicted molar refractivity (Wildman–Crippen MR) is 113 cm³/mol. The number of aromatic amines is 1. The Balaban J connectivity index is 2.17. The summed E-state index contributed by atoms with van der Waals surface area (Å²) in [5.74, 6) is -0.176. The topological polar surface area (TPSA) is 127 Å². The summed E-state index contributed by atoms with van der Waals surface area (Å²) in [7, 11) is -2.01. The Kier molecular flexibility index (Phi) is 5.67. The van der Waals surface area contributed by atoms with E-state index in [-0.39, 0.29) is 40.7 Å². The van der Waals surface area contributed by atoms with Crippen molar-refractivity contribution in [2.24, 2.45) is 0 Å². The molecule has 0 aliphatic heterocycles. The van der Waals surface area contributed by atoms with Crippen molar-refractivity contribution in [2.75, 3.05) is 6.61 Å². The van der Waals surface area contributed by atoms with Crippen molar-refractivity contribution in [1.29, 1.82) is 0 Å². The molecule has 2 atom stereocenters. The minimum Gasteiger partial charge on any atom is -0.354 e. The van der Waals surface area contributed by atoms with E-state index in [2.05, 4.69) is 20.2 Å². The van der Waals surface area contributed by atoms with Gasteiger partial charge in [-0.3, -0.25) is 9.20 Å². The Hall–Kier alpha value is -3.02. The maximum atomic E-state index is 14.0. The van der Waals surface area contributed by atoms with Gasteiger partial charge in [-0.1, -0.05) is 13.8 Å². The van der Waals surface area contributed by atoms with Gasteiger partial charge in [0.1, 0.15) is 14.3 Å². The minimum atomic E-state index is -4.75. The third kappa shape index (κ3) is 3.75. The first-order chi connectivity index (χ1) is 15.5. The lowest BCUT2D eigenvalue weighted by atomic mass is 10.1. The van der Waals surface area contributed by atoms with Gasteiger partial charge < -0.3 is 24.0 Å². The second-order valence-corrected chi connectivity index (χ2v) is 8.60. The van der Waals surface area contributed by atoms with Crippen molar-refractivity contribution in [3.63, 3.8) is 0 Å². The number of hydrogen-bond acceptors (Lipinski definition) is 7. The molecule has 0 spiro atoms. The van der Waals surface area contributed by atoms with E-state index in [0.717, 1.165) is 10.5 Å². The summed E-state index contributed by atoms with van der Waals surface area (Å²) in [5, 5.41) is 18.3. The molecule has 0 aliphatic rings. The van der Waals surface area contributed by atoms with Gasteiger partial charge in [0, 0.05) is 24.9 Å². The molecule has 176 valence electrons. The van der Waals surface area contributed by atoms with Crippen LogP contribution in [0.3, 0.4) is 0 Å². The van der Waals surface area contributed by atoms with E-state index in [0.29, 0.717) is 5.82 Å². The zero-order valence-corrected chi connectivity index (χ0v) is 18.9. The molecule has 0 amide bonds. The number of benzene rings is 1. The lowest BCUT2D eigenvalue weighted by Gasteiger charge is -2.21. The second-order valence-electron chi connectivity index (χ2n) is 7.58. The van der Waals surface area contributed by atoms with Crippen molar-refractivity contribution in [2.45, 2.75) is 38.4 Å². The summed E-state index contributed by atoms with van der Waals surface area (Å²) in [6, 6.07) is 1.98. The van der Waals surface area contributed by atoms with Gasteiger partial charge in [-0.2, -0.15) is 13.2 Å². The largest absolute Gasteiger partial charge is 0.418 e. The maximum absolute atomic E-state index is 14.0. The molecule has 0 radical (unpaired) electrons. The first kappa shape index (κ1) is 23.1. The van der Waals surface area contributed by atoms with Gasteiger partial charge in [0.15, 0.2) is 0 Å². The highest BCUT2D eigenvalue weighted by molar-refractivity contribution is 7.24. The molecule has 4 rings (SSSR count). The van der Waals surface area contributed by atoms with Crippen LogP contribution in [0.2, 0.25) is 0 Å². The Bertz CT molecular complexity index is 1430. The number of imidazole rings is 1. The number of ether oxygens (including phenoxy) is 1. The maximum Gasteiger partial charge on any atom is 0.418 e. The van der Waals surface area contributed by atoms with Gasteiger partial charge in [-0.05, 0) is 19.1 Å². The number of halogens is 3. The number of hydrogen-bond donors (Lipinski definition) is 2. The van der Waals surface area contributed by atoms with E-state index in [1.165, 1.54) is 23.0 Å². The third-order valence-electron chi connectivity index (χ3n) is 5.06. The van der Waals surface area contributed by atoms with E-state index >= 15 is 0 Å². The number of H-pyrrole nitrogens is 1. The van der Waals surface area contributed by atoms with Crippen LogP contribution < -0.4 is 5.56 Å². The molecule has 33 heavy (non-hydrogen) atoms. The summed E-state index contributed by atoms with van der Waals surface area (Å²) in [6.07, 6.45) is -1.96. The van der Waals surface area contributed by atoms with Crippen molar-refractivity contribution in [3.8, 4) is 5.69 Å². The molecular weight excluding hydrogens is 464 g/mol. The second kappa shape index (κ2) is 8.08. The molecule has 0 saturated carbocycles. The van der Waals surface area contributed by atoms with Crippen molar-refractivity contribution < 1.29 is 27.6 Å². The first-order valence-corrected chi connectivity index (χ1v) is 11.0. The fourth-order valence-electron chi connectivity index (χ4n) is 3.68. The van der Waals surface area contributed by atoms with Crippen LogP contribution in [0.15, 0.2) is 29.3 Å². The fraction of sp³-hybridized carbons (Fsp3) is 0.368. The highest BCUT2D eigenvalue weighted by Crippen LogP contribution is 2.38. The Labute approximate surface area is 185 Å². The van der Waals surface area contributed by atoms with Gasteiger partial charge in [0.25, 0.3) is 11.1 Å². The molecule has 3 aromatic heterocycles. The summed E-state index contributed by atoms with van der Waals surface area (Å²) in [4.78, 5) is 19.1. The Morgan fingerprint density at radius 3 is 2.61 bits per heavy atom. The van der Waals surface area contributed by atoms with Crippen LogP contribution in [0.1, 0.15) is 43.9 Å². The molecule has 0 bridgehead atoms. The minimum absolute atomic E-state index is 0.0435. The first-order valence-electron chi connectivity index (χ1n) is 9.91. The zero-order chi connectivity index (χ0) is 24.1. The smallest absolute Gasteiger partial charge is 0.354 e. The zero-order valence-electron chi connectivity index (χ0n) is 17.7. The molecule has 1 aromatic carbocycles. The van der Waals surface area contributed by atoms with Crippen molar-refractivity contribution in [1.82, 2.24) is 29.1 Å². The van der Waals surface area contributed by atoms with Crippen LogP contribution in [0.25, 0.3) is 22.4 Å². The monoisotopic (exact) mass is 484 g/mol. The average molecular weight is 484 g/mol. The molecule has 0 aliphatic carbocycles. The summed E-state index contributed by atoms with van der Waals surface area (Å²) < 4.78 is 61.5. The predicted octanol–water partition coefficient (Wildman–Crippen LogP) is 2.79. The Morgan fingerprint density at radius 1 is 1.27 bits per heavy atom. The van der Waals surface area contributed by atoms with Crippen molar-refractivity contribution in [3.05, 3.63) is 52.1 Å². The number of nitrogens with one attached hydrogen (secondary N) is 1. The van der Waals surface area contributed by atoms with Crippen LogP contribution >= 0.6 is 8.46 Å². The summed E-state index contributed by atoms with van der Waals surface area (Å²) >= 11 is 0. The van der Waals surface area contributed by atoms with Crippen molar-refractivity contribution >= 4 is 25.1 Å². The fourth-order valence-corrected chi connectivity index (χ4v) is 4.20. The van der Waals surface area contributed by atoms with E-state index in [9.17, 15) is 27.6 Å². The molecule has 2 unspecified atom stereocenters. The number of alkyl halides is 3. The summed E-state index contributed by atoms with van der Waals surface area (Å²) in [5.41, 5.74) is -4.91. The number of nitrogens with zero attached hydrogens (tertiary/aromatic N) is 5. The normalized spacial score (nSPS) is 14.8. The van der Waals surface area contributed by atoms with E-state index in [1.54, 1.807) is 20.8 Å². The van der Waals surface area contributed by atoms with Gasteiger partial charge in [0.05, 0.1) is 22.3 Å². The number of aliphatic hydroxyl groups is 1. The van der Waals surface area contributed by atoms with Gasteiger partial charge in [-0.25, -0.2) is 4.98 Å². The standard InChI is InChI=1S/C19H20F3N6O4P/c1-4-32-19(30,33-31)17-26-25-15-16(29)24-11-7-10(18(20,21)22)12(8-13(11)28(15)17)27-6-5-23-14(27)9(2)3/h5-9,30H,4,33H2,1-3H3,(H,24,29). The SMILES string of the molecule is CCOC(O)([PH2]=O)c1nnc2c(=O)[nH]c3cc(C(F)(F)F)c(-n4ccnc4C(C)C)cc3n12. The molecular formula is C19H20F3N6O4P. The lowest BCUT2D eigenvalue weighted by Crippen LogP contribution is -2.26. The number of fused-ring (bicyclic) bond motifs is 3. The third-order valence-corrected chi connectivity index (χ3v) is 5.81. The Morgan fingerprint density at radius 2 is 2.00 bits per heavy atom. The van der Waals surface area contributed by atoms with Crippen LogP contribution in [-0.4, -0.2) is 40.8 Å². The van der Waals surface area contributed by atoms with Crippen LogP contribution in [0.5, 0.6) is 0 Å². The molecule has 4 aromatic rings. The molecule has 10 nitrogen and oxygen atoms in total. The highest BCUT2D eigenvalue weighted by atomic mass is 31.1. The molecule has 14 heteroatoms. The van der Waals surface area contributed by atoms with Gasteiger partial charge >= 0.3 is 6.18 Å². The van der Waals surface area contributed by atoms with Crippen LogP contribution in [0.4, 0.5) is 13.2 Å².